The van der Waals surface area contributed by atoms with Gasteiger partial charge in [-0.2, -0.15) is 0 Å². The molecule has 1 aromatic heterocycles. The molecule has 0 bridgehead atoms. The Morgan fingerprint density at radius 2 is 2.33 bits per heavy atom. The zero-order valence-corrected chi connectivity index (χ0v) is 7.32. The predicted molar refractivity (Wildman–Crippen MR) is 46.8 cm³/mol. The van der Waals surface area contributed by atoms with Crippen LogP contribution in [-0.2, 0) is 0 Å². The molecule has 0 aromatic carbocycles. The van der Waals surface area contributed by atoms with E-state index in [-0.39, 0.29) is 0 Å². The van der Waals surface area contributed by atoms with Crippen LogP contribution in [0.25, 0.3) is 0 Å². The van der Waals surface area contributed by atoms with E-state index in [1.807, 2.05) is 0 Å². The number of anilines is 1. The van der Waals surface area contributed by atoms with Crippen molar-refractivity contribution in [2.24, 2.45) is 5.92 Å². The van der Waals surface area contributed by atoms with E-state index in [0.29, 0.717) is 24.1 Å². The zero-order valence-electron chi connectivity index (χ0n) is 7.32. The van der Waals surface area contributed by atoms with Gasteiger partial charge in [-0.05, 0) is 5.92 Å². The Morgan fingerprint density at radius 1 is 1.58 bits per heavy atom. The summed E-state index contributed by atoms with van der Waals surface area (Å²) in [5, 5.41) is 0. The highest BCUT2D eigenvalue weighted by Crippen LogP contribution is 2.14. The van der Waals surface area contributed by atoms with Crippen molar-refractivity contribution in [3.63, 3.8) is 0 Å². The van der Waals surface area contributed by atoms with Gasteiger partial charge in [-0.3, -0.25) is 0 Å². The standard InChI is InChI=1S/C8H13N3O/c1-6(2)4-12-8-7(9)3-10-5-11-8/h3,5-6H,4,9H2,1-2H3. The van der Waals surface area contributed by atoms with Crippen molar-refractivity contribution < 1.29 is 4.74 Å². The van der Waals surface area contributed by atoms with E-state index >= 15 is 0 Å². The normalized spacial score (nSPS) is 10.2. The minimum absolute atomic E-state index is 0.471. The molecule has 1 aromatic rings. The van der Waals surface area contributed by atoms with Crippen molar-refractivity contribution in [1.82, 2.24) is 9.97 Å². The SMILES string of the molecule is CC(C)COc1ncncc1N. The number of nitrogen functional groups attached to an aromatic ring is 1. The van der Waals surface area contributed by atoms with Gasteiger partial charge in [0.15, 0.2) is 0 Å². The van der Waals surface area contributed by atoms with E-state index in [1.165, 1.54) is 12.5 Å². The van der Waals surface area contributed by atoms with Gasteiger partial charge in [0.1, 0.15) is 12.0 Å². The molecule has 0 aliphatic rings. The summed E-state index contributed by atoms with van der Waals surface area (Å²) < 4.78 is 5.32. The van der Waals surface area contributed by atoms with E-state index in [9.17, 15) is 0 Å². The molecule has 4 nitrogen and oxygen atoms in total. The van der Waals surface area contributed by atoms with Crippen LogP contribution in [0, 0.1) is 5.92 Å². The van der Waals surface area contributed by atoms with Gasteiger partial charge in [-0.25, -0.2) is 9.97 Å². The van der Waals surface area contributed by atoms with Crippen LogP contribution in [0.15, 0.2) is 12.5 Å². The molecule has 0 unspecified atom stereocenters. The van der Waals surface area contributed by atoms with Crippen molar-refractivity contribution in [3.05, 3.63) is 12.5 Å². The van der Waals surface area contributed by atoms with Crippen LogP contribution in [0.2, 0.25) is 0 Å². The molecule has 0 saturated carbocycles. The first-order chi connectivity index (χ1) is 5.70. The van der Waals surface area contributed by atoms with Crippen LogP contribution >= 0.6 is 0 Å². The molecule has 0 aliphatic heterocycles. The number of hydrogen-bond acceptors (Lipinski definition) is 4. The van der Waals surface area contributed by atoms with Crippen molar-refractivity contribution >= 4 is 5.69 Å². The molecule has 1 heterocycles. The third-order valence-electron chi connectivity index (χ3n) is 1.26. The summed E-state index contributed by atoms with van der Waals surface area (Å²) in [6, 6.07) is 0. The summed E-state index contributed by atoms with van der Waals surface area (Å²) >= 11 is 0. The first-order valence-electron chi connectivity index (χ1n) is 3.88. The second kappa shape index (κ2) is 3.90. The number of aromatic nitrogens is 2. The fraction of sp³-hybridized carbons (Fsp3) is 0.500. The van der Waals surface area contributed by atoms with Crippen LogP contribution in [0.5, 0.6) is 5.88 Å². The second-order valence-corrected chi connectivity index (χ2v) is 2.99. The third-order valence-corrected chi connectivity index (χ3v) is 1.26. The van der Waals surface area contributed by atoms with Crippen LogP contribution in [0.1, 0.15) is 13.8 Å². The molecule has 0 atom stereocenters. The maximum Gasteiger partial charge on any atom is 0.240 e. The molecule has 2 N–H and O–H groups in total. The summed E-state index contributed by atoms with van der Waals surface area (Å²) in [6.07, 6.45) is 2.95. The molecule has 66 valence electrons. The Balaban J connectivity index is 2.57. The third kappa shape index (κ3) is 2.38. The molecule has 1 rings (SSSR count). The van der Waals surface area contributed by atoms with Gasteiger partial charge in [0.05, 0.1) is 12.8 Å². The lowest BCUT2D eigenvalue weighted by molar-refractivity contribution is 0.262. The quantitative estimate of drug-likeness (QED) is 0.732. The van der Waals surface area contributed by atoms with Gasteiger partial charge in [0.2, 0.25) is 5.88 Å². The highest BCUT2D eigenvalue weighted by atomic mass is 16.5. The van der Waals surface area contributed by atoms with Gasteiger partial charge in [-0.1, -0.05) is 13.8 Å². The maximum absolute atomic E-state index is 5.56. The predicted octanol–water partition coefficient (Wildman–Crippen LogP) is 1.09. The smallest absolute Gasteiger partial charge is 0.240 e. The van der Waals surface area contributed by atoms with Crippen molar-refractivity contribution in [2.75, 3.05) is 12.3 Å². The van der Waals surface area contributed by atoms with Crippen LogP contribution in [0.4, 0.5) is 5.69 Å². The molecular weight excluding hydrogens is 154 g/mol. The number of rotatable bonds is 3. The Bertz CT molecular complexity index is 250. The Kier molecular flexibility index (Phi) is 2.85. The molecule has 4 heteroatoms. The molecule has 12 heavy (non-hydrogen) atoms. The molecule has 0 saturated heterocycles. The molecule has 0 spiro atoms. The minimum Gasteiger partial charge on any atom is -0.476 e. The topological polar surface area (TPSA) is 61.0 Å². The highest BCUT2D eigenvalue weighted by Gasteiger charge is 2.01. The van der Waals surface area contributed by atoms with E-state index in [4.69, 9.17) is 10.5 Å². The Morgan fingerprint density at radius 3 is 2.92 bits per heavy atom. The molecule has 0 amide bonds. The summed E-state index contributed by atoms with van der Waals surface area (Å²) in [4.78, 5) is 7.65. The fourth-order valence-electron chi connectivity index (χ4n) is 0.695. The highest BCUT2D eigenvalue weighted by molar-refractivity contribution is 5.44. The fourth-order valence-corrected chi connectivity index (χ4v) is 0.695. The van der Waals surface area contributed by atoms with Gasteiger partial charge < -0.3 is 10.5 Å². The first kappa shape index (κ1) is 8.77. The Hall–Kier alpha value is -1.32. The lowest BCUT2D eigenvalue weighted by Gasteiger charge is -2.08. The van der Waals surface area contributed by atoms with E-state index < -0.39 is 0 Å². The van der Waals surface area contributed by atoms with Crippen LogP contribution < -0.4 is 10.5 Å². The van der Waals surface area contributed by atoms with Crippen molar-refractivity contribution in [2.45, 2.75) is 13.8 Å². The number of nitrogens with zero attached hydrogens (tertiary/aromatic N) is 2. The van der Waals surface area contributed by atoms with Crippen molar-refractivity contribution in [1.29, 1.82) is 0 Å². The summed E-state index contributed by atoms with van der Waals surface area (Å²) in [6.45, 7) is 4.76. The number of ether oxygens (including phenoxy) is 1. The van der Waals surface area contributed by atoms with Gasteiger partial charge in [0, 0.05) is 0 Å². The first-order valence-corrected chi connectivity index (χ1v) is 3.88. The summed E-state index contributed by atoms with van der Waals surface area (Å²) in [7, 11) is 0. The van der Waals surface area contributed by atoms with Gasteiger partial charge in [0.25, 0.3) is 0 Å². The number of nitrogens with two attached hydrogens (primary N) is 1. The maximum atomic E-state index is 5.56. The molecule has 0 aliphatic carbocycles. The molecule has 0 radical (unpaired) electrons. The Labute approximate surface area is 71.8 Å². The van der Waals surface area contributed by atoms with E-state index in [1.54, 1.807) is 0 Å². The average molecular weight is 167 g/mol. The molecule has 0 fully saturated rings. The second-order valence-electron chi connectivity index (χ2n) is 2.99. The molecular formula is C8H13N3O. The average Bonchev–Trinajstić information content (AvgIpc) is 2.03. The van der Waals surface area contributed by atoms with E-state index in [2.05, 4.69) is 23.8 Å². The van der Waals surface area contributed by atoms with Crippen LogP contribution in [-0.4, -0.2) is 16.6 Å². The van der Waals surface area contributed by atoms with Crippen LogP contribution in [0.3, 0.4) is 0 Å². The lowest BCUT2D eigenvalue weighted by atomic mass is 10.2. The number of hydrogen-bond donors (Lipinski definition) is 1. The van der Waals surface area contributed by atoms with Crippen molar-refractivity contribution in [3.8, 4) is 5.88 Å². The summed E-state index contributed by atoms with van der Waals surface area (Å²) in [5.74, 6) is 0.943. The largest absolute Gasteiger partial charge is 0.476 e. The lowest BCUT2D eigenvalue weighted by Crippen LogP contribution is -2.07. The summed E-state index contributed by atoms with van der Waals surface area (Å²) in [5.41, 5.74) is 6.04. The monoisotopic (exact) mass is 167 g/mol. The van der Waals surface area contributed by atoms with Gasteiger partial charge >= 0.3 is 0 Å². The van der Waals surface area contributed by atoms with E-state index in [0.717, 1.165) is 0 Å². The zero-order chi connectivity index (χ0) is 8.97. The minimum atomic E-state index is 0.471. The van der Waals surface area contributed by atoms with Gasteiger partial charge in [-0.15, -0.1) is 0 Å².